The molecule has 5 atom stereocenters. The van der Waals surface area contributed by atoms with E-state index in [-0.39, 0.29) is 25.7 Å². The Bertz CT molecular complexity index is 1790. The maximum Gasteiger partial charge on any atom is 0.472 e. The molecule has 2 unspecified atom stereocenters. The number of phosphoric acid groups is 2. The largest absolute Gasteiger partial charge is 0.472 e. The second kappa shape index (κ2) is 67.3. The Hall–Kier alpha value is -1.94. The molecule has 0 saturated heterocycles. The minimum Gasteiger partial charge on any atom is -0.462 e. The maximum absolute atomic E-state index is 13.1. The first kappa shape index (κ1) is 91.1. The second-order valence-electron chi connectivity index (χ2n) is 27.2. The average molecular weight is 1370 g/mol. The van der Waals surface area contributed by atoms with Crippen LogP contribution in [0, 0.1) is 5.92 Å². The van der Waals surface area contributed by atoms with Crippen LogP contribution in [-0.4, -0.2) is 96.7 Å². The van der Waals surface area contributed by atoms with E-state index >= 15 is 0 Å². The molecule has 0 amide bonds. The molecule has 0 saturated carbocycles. The fourth-order valence-corrected chi connectivity index (χ4v) is 12.9. The lowest BCUT2D eigenvalue weighted by Gasteiger charge is -2.21. The molecular weight excluding hydrogens is 1220 g/mol. The van der Waals surface area contributed by atoms with Crippen molar-refractivity contribution in [2.24, 2.45) is 5.92 Å². The number of aliphatic hydroxyl groups is 1. The van der Waals surface area contributed by atoms with Crippen molar-refractivity contribution in [3.63, 3.8) is 0 Å². The van der Waals surface area contributed by atoms with Gasteiger partial charge in [0, 0.05) is 25.7 Å². The number of carbonyl (C=O) groups excluding carboxylic acids is 4. The molecule has 0 aromatic carbocycles. The van der Waals surface area contributed by atoms with Crippen molar-refractivity contribution in [3.8, 4) is 0 Å². The summed E-state index contributed by atoms with van der Waals surface area (Å²) in [6, 6.07) is 0. The van der Waals surface area contributed by atoms with Gasteiger partial charge in [-0.3, -0.25) is 37.3 Å². The van der Waals surface area contributed by atoms with Gasteiger partial charge >= 0.3 is 39.5 Å². The number of ether oxygens (including phenoxy) is 4. The van der Waals surface area contributed by atoms with Crippen molar-refractivity contribution < 1.29 is 80.2 Å². The van der Waals surface area contributed by atoms with E-state index in [1.807, 2.05) is 0 Å². The first-order chi connectivity index (χ1) is 45.0. The van der Waals surface area contributed by atoms with E-state index < -0.39 is 97.5 Å². The number of hydrogen-bond acceptors (Lipinski definition) is 15. The average Bonchev–Trinajstić information content (AvgIpc) is 2.23. The van der Waals surface area contributed by atoms with Gasteiger partial charge in [0.1, 0.15) is 19.3 Å². The number of hydrogen-bond donors (Lipinski definition) is 3. The summed E-state index contributed by atoms with van der Waals surface area (Å²) in [5.41, 5.74) is 0. The van der Waals surface area contributed by atoms with E-state index in [0.717, 1.165) is 96.3 Å². The van der Waals surface area contributed by atoms with Crippen LogP contribution in [0.25, 0.3) is 0 Å². The van der Waals surface area contributed by atoms with Crippen LogP contribution >= 0.6 is 15.6 Å². The number of rotatable bonds is 74. The third-order valence-corrected chi connectivity index (χ3v) is 19.2. The van der Waals surface area contributed by atoms with Crippen molar-refractivity contribution in [2.45, 2.75) is 406 Å². The lowest BCUT2D eigenvalue weighted by Crippen LogP contribution is -2.30. The lowest BCUT2D eigenvalue weighted by atomic mass is 10.0. The number of aliphatic hydroxyl groups excluding tert-OH is 1. The fourth-order valence-electron chi connectivity index (χ4n) is 11.4. The quantitative estimate of drug-likeness (QED) is 0.0222. The highest BCUT2D eigenvalue weighted by Crippen LogP contribution is 2.45. The zero-order valence-electron chi connectivity index (χ0n) is 60.4. The maximum atomic E-state index is 13.1. The van der Waals surface area contributed by atoms with Gasteiger partial charge in [0.25, 0.3) is 0 Å². The summed E-state index contributed by atoms with van der Waals surface area (Å²) in [5.74, 6) is -1.45. The zero-order valence-corrected chi connectivity index (χ0v) is 62.2. The lowest BCUT2D eigenvalue weighted by molar-refractivity contribution is -0.161. The summed E-state index contributed by atoms with van der Waals surface area (Å²) in [4.78, 5) is 72.5. The second-order valence-corrected chi connectivity index (χ2v) is 30.1. The molecule has 0 aliphatic rings. The van der Waals surface area contributed by atoms with E-state index in [0.29, 0.717) is 31.6 Å². The molecule has 0 heterocycles. The van der Waals surface area contributed by atoms with Crippen LogP contribution < -0.4 is 0 Å². The number of esters is 4. The zero-order chi connectivity index (χ0) is 68.4. The van der Waals surface area contributed by atoms with Crippen LogP contribution in [0.5, 0.6) is 0 Å². The highest BCUT2D eigenvalue weighted by Gasteiger charge is 2.30. The molecule has 0 aromatic heterocycles. The van der Waals surface area contributed by atoms with E-state index in [4.69, 9.17) is 37.0 Å². The molecular formula is C74H144O17P2. The number of phosphoric ester groups is 2. The van der Waals surface area contributed by atoms with Crippen LogP contribution in [0.3, 0.4) is 0 Å². The molecule has 3 N–H and O–H groups in total. The van der Waals surface area contributed by atoms with Crippen LogP contribution in [0.1, 0.15) is 388 Å². The van der Waals surface area contributed by atoms with Crippen molar-refractivity contribution in [1.29, 1.82) is 0 Å². The minimum absolute atomic E-state index is 0.102. The van der Waals surface area contributed by atoms with Gasteiger partial charge in [-0.1, -0.05) is 336 Å². The SMILES string of the molecule is CCCCCCCCCCCCCCCCCCCCC(=O)OC[C@H](COP(=O)(O)OC[C@@H](O)COP(=O)(O)OC[C@@H](COC(=O)CCCCCCCCCC)OC(=O)CCCCCCCCC(C)C)OC(=O)CCCCCCCCCCCCCCCCCCCC. The van der Waals surface area contributed by atoms with Gasteiger partial charge in [-0.05, 0) is 31.6 Å². The van der Waals surface area contributed by atoms with Gasteiger partial charge < -0.3 is 33.8 Å². The Morgan fingerprint density at radius 1 is 0.290 bits per heavy atom. The predicted octanol–water partition coefficient (Wildman–Crippen LogP) is 21.7. The molecule has 0 spiro atoms. The topological polar surface area (TPSA) is 237 Å². The minimum atomic E-state index is -4.95. The third kappa shape index (κ3) is 68.4. The monoisotopic (exact) mass is 1370 g/mol. The molecule has 0 radical (unpaired) electrons. The van der Waals surface area contributed by atoms with Crippen LogP contribution in [0.15, 0.2) is 0 Å². The van der Waals surface area contributed by atoms with Crippen LogP contribution in [-0.2, 0) is 65.4 Å². The summed E-state index contributed by atoms with van der Waals surface area (Å²) in [6.45, 7) is 7.16. The van der Waals surface area contributed by atoms with E-state index in [9.17, 15) is 43.2 Å². The van der Waals surface area contributed by atoms with Gasteiger partial charge in [-0.2, -0.15) is 0 Å². The highest BCUT2D eigenvalue weighted by molar-refractivity contribution is 7.47. The number of unbranched alkanes of at least 4 members (excludes halogenated alkanes) is 46. The smallest absolute Gasteiger partial charge is 0.462 e. The molecule has 0 bridgehead atoms. The molecule has 0 fully saturated rings. The van der Waals surface area contributed by atoms with Crippen LogP contribution in [0.2, 0.25) is 0 Å². The van der Waals surface area contributed by atoms with Gasteiger partial charge in [-0.25, -0.2) is 9.13 Å². The molecule has 0 aromatic rings. The van der Waals surface area contributed by atoms with Crippen molar-refractivity contribution in [2.75, 3.05) is 39.6 Å². The Morgan fingerprint density at radius 2 is 0.495 bits per heavy atom. The molecule has 0 aliphatic carbocycles. The first-order valence-electron chi connectivity index (χ1n) is 38.6. The summed E-state index contributed by atoms with van der Waals surface area (Å²) < 4.78 is 68.3. The summed E-state index contributed by atoms with van der Waals surface area (Å²) in [6.07, 6.45) is 55.9. The number of carbonyl (C=O) groups is 4. The Morgan fingerprint density at radius 3 is 0.731 bits per heavy atom. The van der Waals surface area contributed by atoms with Crippen molar-refractivity contribution in [3.05, 3.63) is 0 Å². The third-order valence-electron chi connectivity index (χ3n) is 17.3. The molecule has 17 nitrogen and oxygen atoms in total. The van der Waals surface area contributed by atoms with Gasteiger partial charge in [-0.15, -0.1) is 0 Å². The van der Waals surface area contributed by atoms with Crippen molar-refractivity contribution in [1.82, 2.24) is 0 Å². The summed E-state index contributed by atoms with van der Waals surface area (Å²) >= 11 is 0. The Balaban J connectivity index is 5.17. The molecule has 93 heavy (non-hydrogen) atoms. The fraction of sp³-hybridized carbons (Fsp3) is 0.946. The first-order valence-corrected chi connectivity index (χ1v) is 41.6. The van der Waals surface area contributed by atoms with Crippen LogP contribution in [0.4, 0.5) is 0 Å². The van der Waals surface area contributed by atoms with Gasteiger partial charge in [0.05, 0.1) is 26.4 Å². The van der Waals surface area contributed by atoms with E-state index in [1.165, 1.54) is 205 Å². The summed E-state index contributed by atoms with van der Waals surface area (Å²) in [5, 5.41) is 10.6. The molecule has 0 aliphatic heterocycles. The Kier molecular flexibility index (Phi) is 65.9. The van der Waals surface area contributed by atoms with Crippen molar-refractivity contribution >= 4 is 39.5 Å². The predicted molar refractivity (Wildman–Crippen MR) is 377 cm³/mol. The molecule has 552 valence electrons. The molecule has 19 heteroatoms. The summed E-state index contributed by atoms with van der Waals surface area (Å²) in [7, 11) is -9.90. The van der Waals surface area contributed by atoms with Gasteiger partial charge in [0.2, 0.25) is 0 Å². The Labute approximate surface area is 568 Å². The molecule has 0 rings (SSSR count). The standard InChI is InChI=1S/C74H144O17P2/c1-6-9-12-15-18-21-23-25-27-29-31-33-35-37-39-42-48-53-58-72(77)85-63-69(90-73(78)59-54-49-43-40-38-36-34-32-30-28-26-24-22-19-16-13-10-7-2)65-88-92(80,81)86-61-68(75)62-87-93(82,83)89-66-70(64-84-71(76)57-52-47-41-20-17-14-11-8-3)91-74(79)60-55-50-45-44-46-51-56-67(4)5/h67-70,75H,6-66H2,1-5H3,(H,80,81)(H,82,83)/t68-,69-,70-/m1/s1. The van der Waals surface area contributed by atoms with Gasteiger partial charge in [0.15, 0.2) is 12.2 Å². The van der Waals surface area contributed by atoms with E-state index in [2.05, 4.69) is 34.6 Å². The van der Waals surface area contributed by atoms with E-state index in [1.54, 1.807) is 0 Å². The highest BCUT2D eigenvalue weighted by atomic mass is 31.2. The normalized spacial score (nSPS) is 14.0.